The monoisotopic (exact) mass is 458 g/mol. The zero-order chi connectivity index (χ0) is 21.0. The first-order chi connectivity index (χ1) is 14.4. The normalized spacial score (nSPS) is 30.2. The van der Waals surface area contributed by atoms with Crippen LogP contribution in [0.15, 0.2) is 91.0 Å². The van der Waals surface area contributed by atoms with Gasteiger partial charge in [0.25, 0.3) is 0 Å². The molecule has 150 valence electrons. The fraction of sp³-hybridized carbons (Fsp3) is 0.250. The van der Waals surface area contributed by atoms with Crippen molar-refractivity contribution in [2.45, 2.75) is 31.5 Å². The summed E-state index contributed by atoms with van der Waals surface area (Å²) in [5.74, 6) is 0.396. The van der Waals surface area contributed by atoms with Crippen molar-refractivity contribution in [3.05, 3.63) is 102 Å². The summed E-state index contributed by atoms with van der Waals surface area (Å²) in [5, 5.41) is 0. The standard InChI is InChI=1S/C28H26OSe/c1-26-19-27(2,30-22-17-11-6-12-18-22)28(3,25(26)29)24(21-15-9-5-10-16-21)23(26)20-13-7-4-8-14-20/h4-18H,19H2,1-3H3. The van der Waals surface area contributed by atoms with Crippen LogP contribution in [-0.4, -0.2) is 20.7 Å². The summed E-state index contributed by atoms with van der Waals surface area (Å²) in [6, 6.07) is 31.9. The molecular weight excluding hydrogens is 431 g/mol. The molecule has 0 aliphatic heterocycles. The number of carbonyl (C=O) groups excluding carboxylic acids is 1. The van der Waals surface area contributed by atoms with Crippen LogP contribution in [0.25, 0.3) is 11.1 Å². The van der Waals surface area contributed by atoms with Crippen LogP contribution in [0.5, 0.6) is 0 Å². The topological polar surface area (TPSA) is 17.1 Å². The molecule has 1 fully saturated rings. The van der Waals surface area contributed by atoms with Crippen molar-refractivity contribution in [3.63, 3.8) is 0 Å². The number of Topliss-reactive ketones (excluding diaryl/α,β-unsaturated/α-hetero) is 1. The summed E-state index contributed by atoms with van der Waals surface area (Å²) < 4.78 is 1.29. The van der Waals surface area contributed by atoms with Crippen LogP contribution in [0, 0.1) is 10.8 Å². The third kappa shape index (κ3) is 2.57. The zero-order valence-corrected chi connectivity index (χ0v) is 19.4. The van der Waals surface area contributed by atoms with Gasteiger partial charge < -0.3 is 0 Å². The Hall–Kier alpha value is -2.41. The minimum absolute atomic E-state index is 0.0728. The molecule has 3 aromatic carbocycles. The van der Waals surface area contributed by atoms with Gasteiger partial charge in [-0.2, -0.15) is 0 Å². The van der Waals surface area contributed by atoms with Gasteiger partial charge in [0.2, 0.25) is 0 Å². The van der Waals surface area contributed by atoms with E-state index in [4.69, 9.17) is 0 Å². The van der Waals surface area contributed by atoms with E-state index in [1.165, 1.54) is 26.7 Å². The molecule has 3 aromatic rings. The van der Waals surface area contributed by atoms with Crippen molar-refractivity contribution in [1.82, 2.24) is 0 Å². The van der Waals surface area contributed by atoms with E-state index in [-0.39, 0.29) is 19.3 Å². The summed E-state index contributed by atoms with van der Waals surface area (Å²) in [5.41, 5.74) is 3.91. The number of benzene rings is 3. The molecule has 0 spiro atoms. The Morgan fingerprint density at radius 2 is 1.13 bits per heavy atom. The Kier molecular flexibility index (Phi) is 4.43. The van der Waals surface area contributed by atoms with Gasteiger partial charge in [-0.25, -0.2) is 0 Å². The number of hydrogen-bond donors (Lipinski definition) is 0. The van der Waals surface area contributed by atoms with Crippen LogP contribution in [0.4, 0.5) is 0 Å². The van der Waals surface area contributed by atoms with Crippen LogP contribution in [-0.2, 0) is 4.79 Å². The third-order valence-corrected chi connectivity index (χ3v) is 10.4. The number of fused-ring (bicyclic) bond motifs is 2. The fourth-order valence-electron chi connectivity index (χ4n) is 5.82. The van der Waals surface area contributed by atoms with E-state index in [2.05, 4.69) is 106 Å². The molecule has 0 heterocycles. The van der Waals surface area contributed by atoms with Gasteiger partial charge in [0.15, 0.2) is 0 Å². The van der Waals surface area contributed by atoms with Gasteiger partial charge in [0, 0.05) is 0 Å². The van der Waals surface area contributed by atoms with Crippen molar-refractivity contribution >= 4 is 36.3 Å². The van der Waals surface area contributed by atoms with Gasteiger partial charge in [0.05, 0.1) is 0 Å². The van der Waals surface area contributed by atoms with Crippen molar-refractivity contribution in [1.29, 1.82) is 0 Å². The molecule has 2 aliphatic carbocycles. The van der Waals surface area contributed by atoms with Crippen LogP contribution in [0.1, 0.15) is 38.3 Å². The molecule has 0 radical (unpaired) electrons. The Morgan fingerprint density at radius 1 is 0.667 bits per heavy atom. The van der Waals surface area contributed by atoms with E-state index in [1.54, 1.807) is 0 Å². The van der Waals surface area contributed by atoms with Crippen LogP contribution in [0.2, 0.25) is 4.31 Å². The Bertz CT molecular complexity index is 1140. The quantitative estimate of drug-likeness (QED) is 0.453. The van der Waals surface area contributed by atoms with Crippen molar-refractivity contribution in [3.8, 4) is 0 Å². The average Bonchev–Trinajstić information content (AvgIpc) is 3.03. The summed E-state index contributed by atoms with van der Waals surface area (Å²) in [7, 11) is 0. The molecule has 2 heteroatoms. The first kappa shape index (κ1) is 19.5. The number of carbonyl (C=O) groups is 1. The second-order valence-electron chi connectivity index (χ2n) is 9.09. The molecule has 0 saturated heterocycles. The van der Waals surface area contributed by atoms with E-state index < -0.39 is 10.8 Å². The predicted octanol–water partition coefficient (Wildman–Crippen LogP) is 5.80. The maximum atomic E-state index is 14.2. The number of ketones is 1. The Morgan fingerprint density at radius 3 is 1.67 bits per heavy atom. The SMILES string of the molecule is CC12CC(C)([Se]c3ccccc3)C(C)(C1=O)C(c1ccccc1)=C2c1ccccc1. The Balaban J connectivity index is 1.77. The molecule has 0 N–H and O–H groups in total. The van der Waals surface area contributed by atoms with Gasteiger partial charge in [-0.3, -0.25) is 0 Å². The second-order valence-corrected chi connectivity index (χ2v) is 12.4. The molecule has 2 aliphatic rings. The van der Waals surface area contributed by atoms with Crippen molar-refractivity contribution in [2.24, 2.45) is 10.8 Å². The summed E-state index contributed by atoms with van der Waals surface area (Å²) in [4.78, 5) is 14.2. The van der Waals surface area contributed by atoms with Crippen molar-refractivity contribution < 1.29 is 4.79 Å². The molecular formula is C28H26OSe. The van der Waals surface area contributed by atoms with Crippen molar-refractivity contribution in [2.75, 3.05) is 0 Å². The van der Waals surface area contributed by atoms with Crippen LogP contribution >= 0.6 is 0 Å². The third-order valence-electron chi connectivity index (χ3n) is 7.22. The van der Waals surface area contributed by atoms with E-state index in [1.807, 2.05) is 6.07 Å². The molecule has 3 atom stereocenters. The molecule has 0 amide bonds. The van der Waals surface area contributed by atoms with E-state index in [0.717, 1.165) is 6.42 Å². The summed E-state index contributed by atoms with van der Waals surface area (Å²) in [6.45, 7) is 6.77. The number of allylic oxidation sites excluding steroid dienone is 2. The van der Waals surface area contributed by atoms with Crippen LogP contribution < -0.4 is 4.46 Å². The van der Waals surface area contributed by atoms with Gasteiger partial charge in [-0.15, -0.1) is 0 Å². The molecule has 1 nitrogen and oxygen atoms in total. The molecule has 2 bridgehead atoms. The van der Waals surface area contributed by atoms with E-state index >= 15 is 0 Å². The molecule has 0 aromatic heterocycles. The minimum atomic E-state index is -0.496. The fourth-order valence-corrected chi connectivity index (χ4v) is 9.12. The zero-order valence-electron chi connectivity index (χ0n) is 17.7. The number of rotatable bonds is 4. The summed E-state index contributed by atoms with van der Waals surface area (Å²) in [6.07, 6.45) is 0.908. The summed E-state index contributed by atoms with van der Waals surface area (Å²) >= 11 is 0.193. The average molecular weight is 457 g/mol. The van der Waals surface area contributed by atoms with E-state index in [9.17, 15) is 4.79 Å². The first-order valence-corrected chi connectivity index (χ1v) is 12.3. The maximum absolute atomic E-state index is 14.2. The predicted molar refractivity (Wildman–Crippen MR) is 126 cm³/mol. The molecule has 1 saturated carbocycles. The van der Waals surface area contributed by atoms with Crippen LogP contribution in [0.3, 0.4) is 0 Å². The van der Waals surface area contributed by atoms with Gasteiger partial charge in [0.1, 0.15) is 0 Å². The Labute approximate surface area is 185 Å². The van der Waals surface area contributed by atoms with Gasteiger partial charge in [-0.05, 0) is 0 Å². The molecule has 3 unspecified atom stereocenters. The second kappa shape index (κ2) is 6.80. The number of hydrogen-bond acceptors (Lipinski definition) is 1. The van der Waals surface area contributed by atoms with Gasteiger partial charge >= 0.3 is 186 Å². The first-order valence-electron chi connectivity index (χ1n) is 10.6. The van der Waals surface area contributed by atoms with Gasteiger partial charge in [-0.1, -0.05) is 0 Å². The molecule has 5 rings (SSSR count). The molecule has 30 heavy (non-hydrogen) atoms. The van der Waals surface area contributed by atoms with E-state index in [0.29, 0.717) is 5.78 Å².